The lowest BCUT2D eigenvalue weighted by Gasteiger charge is -2.07. The lowest BCUT2D eigenvalue weighted by Crippen LogP contribution is -2.13. The quantitative estimate of drug-likeness (QED) is 0.804. The third-order valence-corrected chi connectivity index (χ3v) is 3.40. The van der Waals surface area contributed by atoms with Gasteiger partial charge in [0.25, 0.3) is 5.91 Å². The van der Waals surface area contributed by atoms with Crippen LogP contribution in [0.15, 0.2) is 36.4 Å². The highest BCUT2D eigenvalue weighted by atomic mass is 19.1. The molecule has 1 heterocycles. The second-order valence-corrected chi connectivity index (χ2v) is 5.41. The Hall–Kier alpha value is -2.83. The Morgan fingerprint density at radius 1 is 1.17 bits per heavy atom. The molecule has 5 nitrogen and oxygen atoms in total. The van der Waals surface area contributed by atoms with Crippen molar-refractivity contribution in [3.8, 4) is 0 Å². The molecule has 0 radical (unpaired) electrons. The molecule has 0 aliphatic carbocycles. The molecule has 1 aromatic heterocycles. The fourth-order valence-corrected chi connectivity index (χ4v) is 2.25. The zero-order valence-corrected chi connectivity index (χ0v) is 12.5. The average molecular weight is 316 g/mol. The van der Waals surface area contributed by atoms with Gasteiger partial charge in [-0.15, -0.1) is 5.10 Å². The van der Waals surface area contributed by atoms with Crippen molar-refractivity contribution < 1.29 is 13.6 Å². The van der Waals surface area contributed by atoms with E-state index >= 15 is 0 Å². The van der Waals surface area contributed by atoms with Gasteiger partial charge >= 0.3 is 0 Å². The van der Waals surface area contributed by atoms with Crippen LogP contribution in [0.3, 0.4) is 0 Å². The van der Waals surface area contributed by atoms with Gasteiger partial charge in [-0.25, -0.2) is 13.5 Å². The molecule has 3 aromatic rings. The normalized spacial score (nSPS) is 11.2. The van der Waals surface area contributed by atoms with Gasteiger partial charge in [0.1, 0.15) is 17.2 Å². The van der Waals surface area contributed by atoms with Crippen LogP contribution in [0.1, 0.15) is 30.2 Å². The molecule has 0 atom stereocenters. The van der Waals surface area contributed by atoms with Crippen LogP contribution in [0.4, 0.5) is 14.5 Å². The van der Waals surface area contributed by atoms with E-state index < -0.39 is 17.5 Å². The maximum atomic E-state index is 13.6. The van der Waals surface area contributed by atoms with Crippen LogP contribution in [0.2, 0.25) is 0 Å². The lowest BCUT2D eigenvalue weighted by atomic mass is 10.1. The second kappa shape index (κ2) is 5.75. The number of fused-ring (bicyclic) bond motifs is 1. The predicted molar refractivity (Wildman–Crippen MR) is 82.2 cm³/mol. The Balaban J connectivity index is 1.90. The molecule has 0 fully saturated rings. The van der Waals surface area contributed by atoms with Crippen LogP contribution >= 0.6 is 0 Å². The first-order valence-electron chi connectivity index (χ1n) is 7.07. The lowest BCUT2D eigenvalue weighted by molar-refractivity contribution is 0.102. The predicted octanol–water partition coefficient (Wildman–Crippen LogP) is 3.54. The number of nitrogens with zero attached hydrogens (tertiary/aromatic N) is 3. The van der Waals surface area contributed by atoms with E-state index in [0.717, 1.165) is 23.7 Å². The molecular formula is C16H14F2N4O. The number of benzene rings is 2. The number of carbonyl (C=O) groups excluding carboxylic acids is 1. The van der Waals surface area contributed by atoms with Gasteiger partial charge in [-0.05, 0) is 44.2 Å². The van der Waals surface area contributed by atoms with E-state index in [9.17, 15) is 13.6 Å². The number of amides is 1. The van der Waals surface area contributed by atoms with Crippen LogP contribution in [-0.2, 0) is 0 Å². The summed E-state index contributed by atoms with van der Waals surface area (Å²) in [6.07, 6.45) is 0. The molecule has 0 saturated heterocycles. The molecule has 118 valence electrons. The van der Waals surface area contributed by atoms with Crippen molar-refractivity contribution >= 4 is 22.6 Å². The highest BCUT2D eigenvalue weighted by Gasteiger charge is 2.13. The molecule has 0 aliphatic rings. The Morgan fingerprint density at radius 3 is 2.70 bits per heavy atom. The van der Waals surface area contributed by atoms with Gasteiger partial charge < -0.3 is 5.32 Å². The van der Waals surface area contributed by atoms with Crippen molar-refractivity contribution in [1.82, 2.24) is 15.0 Å². The topological polar surface area (TPSA) is 59.8 Å². The van der Waals surface area contributed by atoms with Crippen LogP contribution in [0, 0.1) is 11.6 Å². The van der Waals surface area contributed by atoms with E-state index in [1.165, 1.54) is 0 Å². The van der Waals surface area contributed by atoms with Crippen molar-refractivity contribution in [2.24, 2.45) is 0 Å². The molecular weight excluding hydrogens is 302 g/mol. The highest BCUT2D eigenvalue weighted by molar-refractivity contribution is 6.05. The first-order chi connectivity index (χ1) is 11.0. The largest absolute Gasteiger partial charge is 0.319 e. The fraction of sp³-hybridized carbons (Fsp3) is 0.188. The van der Waals surface area contributed by atoms with Crippen molar-refractivity contribution in [3.63, 3.8) is 0 Å². The van der Waals surface area contributed by atoms with Crippen molar-refractivity contribution in [2.75, 3.05) is 5.32 Å². The van der Waals surface area contributed by atoms with Gasteiger partial charge in [-0.3, -0.25) is 4.79 Å². The molecule has 0 saturated carbocycles. The minimum atomic E-state index is -0.702. The number of rotatable bonds is 3. The summed E-state index contributed by atoms with van der Waals surface area (Å²) in [5.74, 6) is -1.88. The number of nitrogens with one attached hydrogen (secondary N) is 1. The van der Waals surface area contributed by atoms with Crippen LogP contribution in [0.25, 0.3) is 11.0 Å². The Labute approximate surface area is 130 Å². The fourth-order valence-electron chi connectivity index (χ4n) is 2.25. The number of hydrogen-bond donors (Lipinski definition) is 1. The molecule has 2 aromatic carbocycles. The van der Waals surface area contributed by atoms with Crippen LogP contribution < -0.4 is 5.32 Å². The van der Waals surface area contributed by atoms with Crippen molar-refractivity contribution in [3.05, 3.63) is 53.6 Å². The first-order valence-corrected chi connectivity index (χ1v) is 7.07. The minimum absolute atomic E-state index is 0.140. The molecule has 7 heteroatoms. The zero-order valence-electron chi connectivity index (χ0n) is 12.5. The van der Waals surface area contributed by atoms with Crippen LogP contribution in [0.5, 0.6) is 0 Å². The van der Waals surface area contributed by atoms with Gasteiger partial charge in [0.15, 0.2) is 0 Å². The van der Waals surface area contributed by atoms with E-state index in [1.807, 2.05) is 13.8 Å². The van der Waals surface area contributed by atoms with E-state index in [1.54, 1.807) is 22.9 Å². The van der Waals surface area contributed by atoms with E-state index in [2.05, 4.69) is 15.6 Å². The maximum absolute atomic E-state index is 13.6. The van der Waals surface area contributed by atoms with Crippen molar-refractivity contribution in [2.45, 2.75) is 19.9 Å². The number of halogens is 2. The summed E-state index contributed by atoms with van der Waals surface area (Å²) in [6, 6.07) is 7.91. The summed E-state index contributed by atoms with van der Waals surface area (Å²) in [6.45, 7) is 3.95. The molecule has 0 spiro atoms. The Morgan fingerprint density at radius 2 is 1.96 bits per heavy atom. The summed E-state index contributed by atoms with van der Waals surface area (Å²) < 4.78 is 28.5. The summed E-state index contributed by atoms with van der Waals surface area (Å²) >= 11 is 0. The Bertz CT molecular complexity index is 889. The van der Waals surface area contributed by atoms with Gasteiger partial charge in [0.2, 0.25) is 0 Å². The number of carbonyl (C=O) groups is 1. The molecule has 0 unspecified atom stereocenters. The van der Waals surface area contributed by atoms with E-state index in [4.69, 9.17) is 0 Å². The van der Waals surface area contributed by atoms with Crippen molar-refractivity contribution in [1.29, 1.82) is 0 Å². The summed E-state index contributed by atoms with van der Waals surface area (Å²) in [4.78, 5) is 12.2. The molecule has 1 amide bonds. The monoisotopic (exact) mass is 316 g/mol. The third kappa shape index (κ3) is 2.90. The SMILES string of the molecule is CC(C)n1nnc2cc(C(=O)Nc3cc(F)ccc3F)ccc21. The number of aromatic nitrogens is 3. The molecule has 23 heavy (non-hydrogen) atoms. The smallest absolute Gasteiger partial charge is 0.255 e. The van der Waals surface area contributed by atoms with Gasteiger partial charge in [-0.1, -0.05) is 5.21 Å². The van der Waals surface area contributed by atoms with E-state index in [-0.39, 0.29) is 17.3 Å². The maximum Gasteiger partial charge on any atom is 0.255 e. The molecule has 0 aliphatic heterocycles. The second-order valence-electron chi connectivity index (χ2n) is 5.41. The molecule has 3 rings (SSSR count). The zero-order chi connectivity index (χ0) is 16.6. The van der Waals surface area contributed by atoms with Crippen LogP contribution in [-0.4, -0.2) is 20.9 Å². The first kappa shape index (κ1) is 15.1. The van der Waals surface area contributed by atoms with Gasteiger partial charge in [0, 0.05) is 17.7 Å². The standard InChI is InChI=1S/C16H14F2N4O/c1-9(2)22-15-6-3-10(7-14(15)20-21-22)16(23)19-13-8-11(17)4-5-12(13)18/h3-9H,1-2H3,(H,19,23). The molecule has 0 bridgehead atoms. The summed E-state index contributed by atoms with van der Waals surface area (Å²) in [5, 5.41) is 10.4. The summed E-state index contributed by atoms with van der Waals surface area (Å²) in [5.41, 5.74) is 1.44. The van der Waals surface area contributed by atoms with E-state index in [0.29, 0.717) is 5.52 Å². The Kier molecular flexibility index (Phi) is 3.77. The minimum Gasteiger partial charge on any atom is -0.319 e. The third-order valence-electron chi connectivity index (χ3n) is 3.40. The number of anilines is 1. The summed E-state index contributed by atoms with van der Waals surface area (Å²) in [7, 11) is 0. The highest BCUT2D eigenvalue weighted by Crippen LogP contribution is 2.19. The average Bonchev–Trinajstić information content (AvgIpc) is 2.94. The molecule has 1 N–H and O–H groups in total. The van der Waals surface area contributed by atoms with Gasteiger partial charge in [0.05, 0.1) is 11.2 Å². The van der Waals surface area contributed by atoms with Gasteiger partial charge in [-0.2, -0.15) is 0 Å². The number of hydrogen-bond acceptors (Lipinski definition) is 3.